The molecule has 2 rings (SSSR count). The molecule has 4 N–H and O–H groups in total. The number of benzene rings is 1. The van der Waals surface area contributed by atoms with Gasteiger partial charge in [0.05, 0.1) is 0 Å². The highest BCUT2D eigenvalue weighted by Gasteiger charge is 2.29. The van der Waals surface area contributed by atoms with Crippen molar-refractivity contribution in [3.8, 4) is 11.5 Å². The molecular formula is C14H20N2O3. The van der Waals surface area contributed by atoms with E-state index in [-0.39, 0.29) is 29.0 Å². The lowest BCUT2D eigenvalue weighted by molar-refractivity contribution is 0.0599. The van der Waals surface area contributed by atoms with Crippen LogP contribution in [-0.4, -0.2) is 40.2 Å². The molecule has 19 heavy (non-hydrogen) atoms. The number of nitrogens with two attached hydrogens (primary N) is 1. The summed E-state index contributed by atoms with van der Waals surface area (Å²) in [7, 11) is 0. The Kier molecular flexibility index (Phi) is 4.27. The number of rotatable bonds is 3. The maximum atomic E-state index is 12.5. The number of carbonyl (C=O) groups excluding carboxylic acids is 1. The average Bonchev–Trinajstić information content (AvgIpc) is 2.39. The van der Waals surface area contributed by atoms with Crippen LogP contribution in [0.2, 0.25) is 0 Å². The van der Waals surface area contributed by atoms with Gasteiger partial charge >= 0.3 is 0 Å². The maximum absolute atomic E-state index is 12.5. The standard InChI is InChI=1S/C14H20N2O3/c15-8-7-10-4-1-2-9-16(10)14(19)13-11(17)5-3-6-12(13)18/h3,5-6,10,17-18H,1-2,4,7-9,15H2. The van der Waals surface area contributed by atoms with E-state index in [2.05, 4.69) is 0 Å². The minimum Gasteiger partial charge on any atom is -0.507 e. The molecule has 0 saturated carbocycles. The summed E-state index contributed by atoms with van der Waals surface area (Å²) in [5.41, 5.74) is 5.58. The fourth-order valence-electron chi connectivity index (χ4n) is 2.65. The van der Waals surface area contributed by atoms with Crippen LogP contribution in [0, 0.1) is 0 Å². The fourth-order valence-corrected chi connectivity index (χ4v) is 2.65. The van der Waals surface area contributed by atoms with E-state index in [0.717, 1.165) is 25.7 Å². The van der Waals surface area contributed by atoms with Crippen molar-refractivity contribution in [3.05, 3.63) is 23.8 Å². The second-order valence-corrected chi connectivity index (χ2v) is 4.90. The summed E-state index contributed by atoms with van der Waals surface area (Å²) in [5, 5.41) is 19.6. The first-order valence-electron chi connectivity index (χ1n) is 6.67. The largest absolute Gasteiger partial charge is 0.507 e. The topological polar surface area (TPSA) is 86.8 Å². The number of hydrogen-bond acceptors (Lipinski definition) is 4. The molecule has 0 radical (unpaired) electrons. The van der Waals surface area contributed by atoms with Gasteiger partial charge in [0.1, 0.15) is 17.1 Å². The Labute approximate surface area is 112 Å². The van der Waals surface area contributed by atoms with Crippen molar-refractivity contribution in [3.63, 3.8) is 0 Å². The van der Waals surface area contributed by atoms with Crippen molar-refractivity contribution < 1.29 is 15.0 Å². The summed E-state index contributed by atoms with van der Waals surface area (Å²) in [5.74, 6) is -0.669. The molecule has 1 aromatic rings. The van der Waals surface area contributed by atoms with Gasteiger partial charge in [0.2, 0.25) is 0 Å². The van der Waals surface area contributed by atoms with Crippen molar-refractivity contribution in [2.24, 2.45) is 5.73 Å². The van der Waals surface area contributed by atoms with Crippen LogP contribution in [0.5, 0.6) is 11.5 Å². The summed E-state index contributed by atoms with van der Waals surface area (Å²) in [6.07, 6.45) is 3.71. The monoisotopic (exact) mass is 264 g/mol. The maximum Gasteiger partial charge on any atom is 0.261 e. The molecule has 5 nitrogen and oxygen atoms in total. The third-order valence-corrected chi connectivity index (χ3v) is 3.62. The van der Waals surface area contributed by atoms with Crippen molar-refractivity contribution in [1.82, 2.24) is 4.90 Å². The molecule has 1 amide bonds. The molecule has 104 valence electrons. The van der Waals surface area contributed by atoms with Gasteiger partial charge in [0, 0.05) is 12.6 Å². The minimum atomic E-state index is -0.311. The summed E-state index contributed by atoms with van der Waals surface area (Å²) in [6.45, 7) is 1.18. The molecule has 1 heterocycles. The Morgan fingerprint density at radius 2 is 2.00 bits per heavy atom. The van der Waals surface area contributed by atoms with Gasteiger partial charge in [0.15, 0.2) is 0 Å². The Morgan fingerprint density at radius 1 is 1.32 bits per heavy atom. The van der Waals surface area contributed by atoms with Gasteiger partial charge in [-0.25, -0.2) is 0 Å². The number of nitrogens with zero attached hydrogens (tertiary/aromatic N) is 1. The Morgan fingerprint density at radius 3 is 2.63 bits per heavy atom. The van der Waals surface area contributed by atoms with E-state index >= 15 is 0 Å². The van der Waals surface area contributed by atoms with Crippen LogP contribution >= 0.6 is 0 Å². The first-order valence-corrected chi connectivity index (χ1v) is 6.67. The van der Waals surface area contributed by atoms with Gasteiger partial charge in [-0.3, -0.25) is 4.79 Å². The van der Waals surface area contributed by atoms with E-state index in [1.165, 1.54) is 18.2 Å². The molecule has 0 bridgehead atoms. The zero-order chi connectivity index (χ0) is 13.8. The lowest BCUT2D eigenvalue weighted by Crippen LogP contribution is -2.44. The van der Waals surface area contributed by atoms with Gasteiger partial charge in [0.25, 0.3) is 5.91 Å². The number of phenols is 2. The van der Waals surface area contributed by atoms with Crippen LogP contribution in [-0.2, 0) is 0 Å². The highest BCUT2D eigenvalue weighted by Crippen LogP contribution is 2.30. The number of likely N-dealkylation sites (tertiary alicyclic amines) is 1. The van der Waals surface area contributed by atoms with Gasteiger partial charge in [-0.2, -0.15) is 0 Å². The summed E-state index contributed by atoms with van der Waals surface area (Å²) >= 11 is 0. The average molecular weight is 264 g/mol. The van der Waals surface area contributed by atoms with Gasteiger partial charge in [-0.15, -0.1) is 0 Å². The first kappa shape index (κ1) is 13.7. The van der Waals surface area contributed by atoms with Crippen molar-refractivity contribution in [2.45, 2.75) is 31.7 Å². The zero-order valence-corrected chi connectivity index (χ0v) is 10.9. The molecule has 1 saturated heterocycles. The number of phenolic OH excluding ortho intramolecular Hbond substituents is 2. The number of aromatic hydroxyl groups is 2. The molecule has 1 atom stereocenters. The summed E-state index contributed by atoms with van der Waals surface area (Å²) < 4.78 is 0. The second kappa shape index (κ2) is 5.93. The smallest absolute Gasteiger partial charge is 0.261 e. The van der Waals surface area contributed by atoms with E-state index in [4.69, 9.17) is 5.73 Å². The van der Waals surface area contributed by atoms with E-state index in [1.54, 1.807) is 4.90 Å². The van der Waals surface area contributed by atoms with Gasteiger partial charge in [-0.1, -0.05) is 6.07 Å². The van der Waals surface area contributed by atoms with Crippen molar-refractivity contribution >= 4 is 5.91 Å². The van der Waals surface area contributed by atoms with Gasteiger partial charge < -0.3 is 20.8 Å². The summed E-state index contributed by atoms with van der Waals surface area (Å²) in [6, 6.07) is 4.43. The summed E-state index contributed by atoms with van der Waals surface area (Å²) in [4.78, 5) is 14.2. The number of amides is 1. The first-order chi connectivity index (χ1) is 9.15. The Balaban J connectivity index is 2.26. The lowest BCUT2D eigenvalue weighted by Gasteiger charge is -2.36. The van der Waals surface area contributed by atoms with Gasteiger partial charge in [-0.05, 0) is 44.4 Å². The van der Waals surface area contributed by atoms with Crippen LogP contribution in [0.1, 0.15) is 36.0 Å². The fraction of sp³-hybridized carbons (Fsp3) is 0.500. The lowest BCUT2D eigenvalue weighted by atomic mass is 9.98. The number of hydrogen-bond donors (Lipinski definition) is 3. The second-order valence-electron chi connectivity index (χ2n) is 4.90. The Bertz CT molecular complexity index is 440. The molecule has 0 aromatic heterocycles. The predicted octanol–water partition coefficient (Wildman–Crippen LogP) is 1.44. The van der Waals surface area contributed by atoms with Crippen LogP contribution in [0.3, 0.4) is 0 Å². The Hall–Kier alpha value is -1.75. The third kappa shape index (κ3) is 2.81. The zero-order valence-electron chi connectivity index (χ0n) is 10.9. The molecule has 1 unspecified atom stereocenters. The van der Waals surface area contributed by atoms with Crippen LogP contribution in [0.4, 0.5) is 0 Å². The highest BCUT2D eigenvalue weighted by atomic mass is 16.3. The normalized spacial score (nSPS) is 19.4. The van der Waals surface area contributed by atoms with E-state index in [9.17, 15) is 15.0 Å². The molecule has 5 heteroatoms. The van der Waals surface area contributed by atoms with Crippen LogP contribution in [0.15, 0.2) is 18.2 Å². The predicted molar refractivity (Wildman–Crippen MR) is 72.1 cm³/mol. The third-order valence-electron chi connectivity index (χ3n) is 3.62. The minimum absolute atomic E-state index is 0.00794. The molecule has 0 spiro atoms. The number of piperidine rings is 1. The molecule has 1 aliphatic heterocycles. The van der Waals surface area contributed by atoms with Crippen LogP contribution in [0.25, 0.3) is 0 Å². The quantitative estimate of drug-likeness (QED) is 0.771. The number of carbonyl (C=O) groups is 1. The SMILES string of the molecule is NCCC1CCCCN1C(=O)c1c(O)cccc1O. The van der Waals surface area contributed by atoms with E-state index in [1.807, 2.05) is 0 Å². The molecular weight excluding hydrogens is 244 g/mol. The highest BCUT2D eigenvalue weighted by molar-refractivity contribution is 5.99. The van der Waals surface area contributed by atoms with E-state index in [0.29, 0.717) is 13.1 Å². The molecule has 1 fully saturated rings. The van der Waals surface area contributed by atoms with Crippen molar-refractivity contribution in [1.29, 1.82) is 0 Å². The molecule has 1 aromatic carbocycles. The molecule has 0 aliphatic carbocycles. The van der Waals surface area contributed by atoms with E-state index < -0.39 is 0 Å². The van der Waals surface area contributed by atoms with Crippen LogP contribution < -0.4 is 5.73 Å². The molecule has 1 aliphatic rings. The van der Waals surface area contributed by atoms with Crippen molar-refractivity contribution in [2.75, 3.05) is 13.1 Å².